The molecule has 0 radical (unpaired) electrons. The number of hydrogen-bond acceptors (Lipinski definition) is 8. The molecule has 6 rings (SSSR count). The van der Waals surface area contributed by atoms with Crippen molar-refractivity contribution >= 4 is 50.0 Å². The van der Waals surface area contributed by atoms with E-state index in [-0.39, 0.29) is 29.4 Å². The minimum Gasteiger partial charge on any atom is -0.508 e. The Morgan fingerprint density at radius 3 is 2.76 bits per heavy atom. The Morgan fingerprint density at radius 2 is 1.97 bits per heavy atom. The van der Waals surface area contributed by atoms with Gasteiger partial charge in [-0.15, -0.1) is 11.3 Å². The third kappa shape index (κ3) is 3.79. The van der Waals surface area contributed by atoms with E-state index in [1.807, 2.05) is 12.3 Å². The summed E-state index contributed by atoms with van der Waals surface area (Å²) < 4.78 is 17.1. The molecular formula is C25H17ClFN7O2S. The summed E-state index contributed by atoms with van der Waals surface area (Å²) in [7, 11) is 0. The number of para-hydroxylation sites is 1. The molecule has 0 aliphatic rings. The van der Waals surface area contributed by atoms with E-state index in [4.69, 9.17) is 22.3 Å². The first-order valence-electron chi connectivity index (χ1n) is 11.0. The molecule has 0 atom stereocenters. The topological polar surface area (TPSA) is 125 Å². The molecule has 37 heavy (non-hydrogen) atoms. The Hall–Kier alpha value is -4.35. The lowest BCUT2D eigenvalue weighted by Crippen LogP contribution is -2.25. The van der Waals surface area contributed by atoms with Crippen molar-refractivity contribution in [2.45, 2.75) is 13.5 Å². The number of fused-ring (bicyclic) bond motifs is 2. The number of benzene rings is 2. The fourth-order valence-corrected chi connectivity index (χ4v) is 5.50. The predicted octanol–water partition coefficient (Wildman–Crippen LogP) is 4.69. The fraction of sp³-hybridized carbons (Fsp3) is 0.0800. The van der Waals surface area contributed by atoms with Gasteiger partial charge in [0.1, 0.15) is 46.6 Å². The number of halogens is 2. The highest BCUT2D eigenvalue weighted by molar-refractivity contribution is 7.16. The lowest BCUT2D eigenvalue weighted by atomic mass is 10.1. The number of rotatable bonds is 4. The van der Waals surface area contributed by atoms with Gasteiger partial charge in [0.05, 0.1) is 21.5 Å². The SMILES string of the molecule is Cc1csc2nc(Cn3nc(-c4cc(O)cc(F)c4)c4c(N)ncnc43)n(-c3ccccc3Cl)c(=O)c12. The number of aromatic nitrogens is 6. The van der Waals surface area contributed by atoms with E-state index in [1.54, 1.807) is 24.3 Å². The number of phenolic OH excluding ortho intramolecular Hbond substituents is 1. The van der Waals surface area contributed by atoms with E-state index in [2.05, 4.69) is 15.1 Å². The van der Waals surface area contributed by atoms with Gasteiger partial charge in [-0.3, -0.25) is 9.36 Å². The molecule has 0 unspecified atom stereocenters. The van der Waals surface area contributed by atoms with E-state index in [1.165, 1.54) is 39.0 Å². The molecule has 4 aromatic heterocycles. The highest BCUT2D eigenvalue weighted by Gasteiger charge is 2.22. The summed E-state index contributed by atoms with van der Waals surface area (Å²) >= 11 is 7.87. The predicted molar refractivity (Wildman–Crippen MR) is 141 cm³/mol. The maximum Gasteiger partial charge on any atom is 0.267 e. The van der Waals surface area contributed by atoms with Gasteiger partial charge in [0.15, 0.2) is 5.65 Å². The van der Waals surface area contributed by atoms with Crippen molar-refractivity contribution in [3.63, 3.8) is 0 Å². The molecule has 3 N–H and O–H groups in total. The smallest absolute Gasteiger partial charge is 0.267 e. The first-order chi connectivity index (χ1) is 17.8. The maximum absolute atomic E-state index is 14.1. The standard InChI is InChI=1S/C25H17ClFN7O2S/c1-12-10-37-24-19(12)25(36)34(17-5-3-2-4-16(17)26)18(31-24)9-33-23-20(22(28)29-11-30-23)21(32-33)13-6-14(27)8-15(35)7-13/h2-8,10-11,35H,9H2,1H3,(H2,28,29,30). The van der Waals surface area contributed by atoms with Crippen molar-refractivity contribution in [3.05, 3.63) is 86.8 Å². The molecule has 2 aromatic carbocycles. The van der Waals surface area contributed by atoms with Gasteiger partial charge >= 0.3 is 0 Å². The van der Waals surface area contributed by atoms with Crippen molar-refractivity contribution in [2.24, 2.45) is 0 Å². The zero-order valence-electron chi connectivity index (χ0n) is 19.2. The number of hydrogen-bond donors (Lipinski definition) is 2. The molecular weight excluding hydrogens is 517 g/mol. The van der Waals surface area contributed by atoms with Crippen LogP contribution in [0.25, 0.3) is 38.2 Å². The number of aryl methyl sites for hydroxylation is 1. The summed E-state index contributed by atoms with van der Waals surface area (Å²) in [6.45, 7) is 1.88. The van der Waals surface area contributed by atoms with Crippen LogP contribution in [-0.4, -0.2) is 34.4 Å². The Balaban J connectivity index is 1.62. The number of nitrogens with two attached hydrogens (primary N) is 1. The van der Waals surface area contributed by atoms with Crippen LogP contribution in [0.4, 0.5) is 10.2 Å². The molecule has 4 heterocycles. The van der Waals surface area contributed by atoms with Crippen LogP contribution in [0.5, 0.6) is 5.75 Å². The van der Waals surface area contributed by atoms with Crippen LogP contribution < -0.4 is 11.3 Å². The van der Waals surface area contributed by atoms with E-state index in [9.17, 15) is 14.3 Å². The first kappa shape index (κ1) is 23.1. The number of nitrogen functional groups attached to an aromatic ring is 1. The molecule has 184 valence electrons. The van der Waals surface area contributed by atoms with Gasteiger partial charge in [0.25, 0.3) is 5.56 Å². The maximum atomic E-state index is 14.1. The second-order valence-corrected chi connectivity index (χ2v) is 9.65. The normalized spacial score (nSPS) is 11.5. The van der Waals surface area contributed by atoms with Gasteiger partial charge in [-0.2, -0.15) is 5.10 Å². The fourth-order valence-electron chi connectivity index (χ4n) is 4.34. The number of thiophene rings is 1. The van der Waals surface area contributed by atoms with E-state index in [0.29, 0.717) is 43.3 Å². The van der Waals surface area contributed by atoms with Gasteiger partial charge in [-0.05, 0) is 42.1 Å². The van der Waals surface area contributed by atoms with Crippen LogP contribution in [0.15, 0.2) is 59.0 Å². The minimum absolute atomic E-state index is 0.0155. The van der Waals surface area contributed by atoms with Crippen molar-refractivity contribution in [2.75, 3.05) is 5.73 Å². The molecule has 0 saturated heterocycles. The van der Waals surface area contributed by atoms with Crippen LogP contribution in [0.1, 0.15) is 11.4 Å². The summed E-state index contributed by atoms with van der Waals surface area (Å²) in [4.78, 5) is 27.5. The quantitative estimate of drug-likeness (QED) is 0.337. The molecule has 0 fully saturated rings. The van der Waals surface area contributed by atoms with E-state index in [0.717, 1.165) is 11.6 Å². The van der Waals surface area contributed by atoms with Crippen LogP contribution in [0, 0.1) is 12.7 Å². The second-order valence-electron chi connectivity index (χ2n) is 8.38. The third-order valence-corrected chi connectivity index (χ3v) is 7.27. The second kappa shape index (κ2) is 8.64. The van der Waals surface area contributed by atoms with Crippen molar-refractivity contribution in [3.8, 4) is 22.7 Å². The first-order valence-corrected chi connectivity index (χ1v) is 12.3. The van der Waals surface area contributed by atoms with Gasteiger partial charge in [-0.25, -0.2) is 24.0 Å². The number of nitrogens with zero attached hydrogens (tertiary/aromatic N) is 6. The van der Waals surface area contributed by atoms with Crippen LogP contribution in [0.3, 0.4) is 0 Å². The average molecular weight is 534 g/mol. The monoisotopic (exact) mass is 533 g/mol. The van der Waals surface area contributed by atoms with Gasteiger partial charge in [-0.1, -0.05) is 23.7 Å². The van der Waals surface area contributed by atoms with Gasteiger partial charge < -0.3 is 10.8 Å². The number of aromatic hydroxyl groups is 1. The molecule has 0 aliphatic heterocycles. The molecule has 0 bridgehead atoms. The molecule has 0 aliphatic carbocycles. The van der Waals surface area contributed by atoms with Gasteiger partial charge in [0.2, 0.25) is 0 Å². The Bertz CT molecular complexity index is 1890. The molecule has 12 heteroatoms. The minimum atomic E-state index is -0.638. The van der Waals surface area contributed by atoms with Crippen LogP contribution in [0.2, 0.25) is 5.02 Å². The van der Waals surface area contributed by atoms with E-state index < -0.39 is 5.82 Å². The lowest BCUT2D eigenvalue weighted by Gasteiger charge is -2.14. The van der Waals surface area contributed by atoms with Crippen molar-refractivity contribution < 1.29 is 9.50 Å². The highest BCUT2D eigenvalue weighted by atomic mass is 35.5. The molecule has 0 spiro atoms. The average Bonchev–Trinajstić information content (AvgIpc) is 3.41. The van der Waals surface area contributed by atoms with Crippen molar-refractivity contribution in [1.82, 2.24) is 29.3 Å². The van der Waals surface area contributed by atoms with E-state index >= 15 is 0 Å². The molecule has 0 amide bonds. The largest absolute Gasteiger partial charge is 0.508 e. The Kier molecular flexibility index (Phi) is 5.39. The summed E-state index contributed by atoms with van der Waals surface area (Å²) in [5.41, 5.74) is 8.14. The molecule has 0 saturated carbocycles. The van der Waals surface area contributed by atoms with Crippen LogP contribution >= 0.6 is 22.9 Å². The zero-order chi connectivity index (χ0) is 25.8. The van der Waals surface area contributed by atoms with Crippen LogP contribution in [-0.2, 0) is 6.54 Å². The number of phenols is 1. The summed E-state index contributed by atoms with van der Waals surface area (Å²) in [6, 6.07) is 10.6. The summed E-state index contributed by atoms with van der Waals surface area (Å²) in [5, 5.41) is 17.8. The molecule has 6 aromatic rings. The molecule has 9 nitrogen and oxygen atoms in total. The zero-order valence-corrected chi connectivity index (χ0v) is 20.8. The summed E-state index contributed by atoms with van der Waals surface area (Å²) in [5.74, 6) is -0.403. The van der Waals surface area contributed by atoms with Gasteiger partial charge in [0, 0.05) is 11.6 Å². The lowest BCUT2D eigenvalue weighted by molar-refractivity contribution is 0.469. The Labute approximate surface area is 217 Å². The summed E-state index contributed by atoms with van der Waals surface area (Å²) in [6.07, 6.45) is 1.29. The van der Waals surface area contributed by atoms with Crippen molar-refractivity contribution in [1.29, 1.82) is 0 Å². The third-order valence-electron chi connectivity index (χ3n) is 5.96. The Morgan fingerprint density at radius 1 is 1.16 bits per heavy atom. The highest BCUT2D eigenvalue weighted by Crippen LogP contribution is 2.33. The number of anilines is 1.